The number of ether oxygens (including phenoxy) is 3. The minimum absolute atomic E-state index is 0.00215. The predicted molar refractivity (Wildman–Crippen MR) is 126 cm³/mol. The number of fused-ring (bicyclic) bond motifs is 1. The number of alkyl halides is 3. The van der Waals surface area contributed by atoms with Gasteiger partial charge in [0, 0.05) is 11.1 Å². The Labute approximate surface area is 211 Å². The number of hydrogen-bond donors (Lipinski definition) is 0. The van der Waals surface area contributed by atoms with Crippen LogP contribution in [0.1, 0.15) is 12.7 Å². The highest BCUT2D eigenvalue weighted by Crippen LogP contribution is 2.39. The summed E-state index contributed by atoms with van der Waals surface area (Å²) in [5, 5.41) is 0.256. The van der Waals surface area contributed by atoms with Crippen LogP contribution in [-0.4, -0.2) is 12.1 Å². The standard InChI is InChI=1S/C25H15Cl2F3O6/c1-13(33-15-8-6-14(26)7-9-15)24(32)34-16-10-11-17-20(12-16)36-23(25(28,29)30)22(21(17)31)35-19-5-3-2-4-18(19)27/h2-13H,1H3. The van der Waals surface area contributed by atoms with Crippen LogP contribution < -0.4 is 19.6 Å². The summed E-state index contributed by atoms with van der Waals surface area (Å²) in [6.07, 6.45) is -6.14. The number of para-hydroxylation sites is 1. The third-order valence-electron chi connectivity index (χ3n) is 4.81. The summed E-state index contributed by atoms with van der Waals surface area (Å²) in [6.45, 7) is 1.43. The lowest BCUT2D eigenvalue weighted by Gasteiger charge is -2.15. The molecule has 4 rings (SSSR count). The van der Waals surface area contributed by atoms with Crippen molar-refractivity contribution in [3.8, 4) is 23.0 Å². The van der Waals surface area contributed by atoms with Gasteiger partial charge in [-0.25, -0.2) is 4.79 Å². The van der Waals surface area contributed by atoms with Gasteiger partial charge in [-0.2, -0.15) is 13.2 Å². The van der Waals surface area contributed by atoms with Crippen molar-refractivity contribution in [1.82, 2.24) is 0 Å². The molecule has 0 aliphatic rings. The summed E-state index contributed by atoms with van der Waals surface area (Å²) in [6, 6.07) is 15.4. The summed E-state index contributed by atoms with van der Waals surface area (Å²) >= 11 is 11.8. The lowest BCUT2D eigenvalue weighted by atomic mass is 10.2. The molecule has 0 N–H and O–H groups in total. The molecule has 0 saturated heterocycles. The van der Waals surface area contributed by atoms with Gasteiger partial charge in [-0.05, 0) is 55.5 Å². The van der Waals surface area contributed by atoms with E-state index in [4.69, 9.17) is 41.8 Å². The van der Waals surface area contributed by atoms with Gasteiger partial charge < -0.3 is 18.6 Å². The Hall–Kier alpha value is -3.69. The normalized spacial score (nSPS) is 12.3. The van der Waals surface area contributed by atoms with Crippen LogP contribution in [-0.2, 0) is 11.0 Å². The third kappa shape index (κ3) is 5.58. The van der Waals surface area contributed by atoms with Crippen molar-refractivity contribution in [2.45, 2.75) is 19.2 Å². The second kappa shape index (κ2) is 10.1. The van der Waals surface area contributed by atoms with Gasteiger partial charge in [0.1, 0.15) is 22.8 Å². The first kappa shape index (κ1) is 25.4. The van der Waals surface area contributed by atoms with Gasteiger partial charge in [-0.1, -0.05) is 35.3 Å². The average molecular weight is 539 g/mol. The molecular formula is C25H15Cl2F3O6. The van der Waals surface area contributed by atoms with Crippen LogP contribution in [0.15, 0.2) is 75.9 Å². The zero-order valence-corrected chi connectivity index (χ0v) is 19.8. The molecule has 1 atom stereocenters. The Morgan fingerprint density at radius 3 is 2.31 bits per heavy atom. The van der Waals surface area contributed by atoms with Crippen molar-refractivity contribution in [3.05, 3.63) is 92.8 Å². The summed E-state index contributed by atoms with van der Waals surface area (Å²) in [7, 11) is 0. The molecule has 0 fully saturated rings. The van der Waals surface area contributed by atoms with E-state index >= 15 is 0 Å². The molecular weight excluding hydrogens is 524 g/mol. The quantitative estimate of drug-likeness (QED) is 0.189. The number of carbonyl (C=O) groups excluding carboxylic acids is 1. The summed E-state index contributed by atoms with van der Waals surface area (Å²) in [5.74, 6) is -3.53. The number of benzene rings is 3. The Kier molecular flexibility index (Phi) is 7.14. The van der Waals surface area contributed by atoms with Crippen LogP contribution in [0, 0.1) is 0 Å². The molecule has 0 aliphatic carbocycles. The van der Waals surface area contributed by atoms with E-state index in [1.807, 2.05) is 0 Å². The Balaban J connectivity index is 1.64. The highest BCUT2D eigenvalue weighted by atomic mass is 35.5. The topological polar surface area (TPSA) is 75.0 Å². The fraction of sp³-hybridized carbons (Fsp3) is 0.120. The van der Waals surface area contributed by atoms with Crippen LogP contribution in [0.2, 0.25) is 10.0 Å². The molecule has 3 aromatic carbocycles. The minimum atomic E-state index is -5.07. The van der Waals surface area contributed by atoms with Gasteiger partial charge in [0.25, 0.3) is 5.76 Å². The van der Waals surface area contributed by atoms with Crippen LogP contribution in [0.4, 0.5) is 13.2 Å². The minimum Gasteiger partial charge on any atom is -0.479 e. The third-order valence-corrected chi connectivity index (χ3v) is 5.37. The number of rotatable bonds is 6. The maximum absolute atomic E-state index is 13.8. The summed E-state index contributed by atoms with van der Waals surface area (Å²) in [5.41, 5.74) is -1.55. The van der Waals surface area contributed by atoms with Crippen molar-refractivity contribution in [1.29, 1.82) is 0 Å². The van der Waals surface area contributed by atoms with Crippen LogP contribution in [0.3, 0.4) is 0 Å². The maximum Gasteiger partial charge on any atom is 0.453 e. The maximum atomic E-state index is 13.8. The zero-order valence-electron chi connectivity index (χ0n) is 18.3. The lowest BCUT2D eigenvalue weighted by molar-refractivity contribution is -0.154. The van der Waals surface area contributed by atoms with Gasteiger partial charge in [0.05, 0.1) is 10.4 Å². The molecule has 0 bridgehead atoms. The molecule has 0 radical (unpaired) electrons. The molecule has 0 amide bonds. The second-order valence-electron chi connectivity index (χ2n) is 7.41. The van der Waals surface area contributed by atoms with Crippen LogP contribution >= 0.6 is 23.2 Å². The molecule has 186 valence electrons. The van der Waals surface area contributed by atoms with E-state index < -0.39 is 40.8 Å². The van der Waals surface area contributed by atoms with Crippen molar-refractivity contribution in [3.63, 3.8) is 0 Å². The van der Waals surface area contributed by atoms with Crippen molar-refractivity contribution >= 4 is 40.1 Å². The first-order valence-electron chi connectivity index (χ1n) is 10.3. The van der Waals surface area contributed by atoms with Crippen LogP contribution in [0.25, 0.3) is 11.0 Å². The fourth-order valence-corrected chi connectivity index (χ4v) is 3.40. The molecule has 11 heteroatoms. The fourth-order valence-electron chi connectivity index (χ4n) is 3.10. The first-order chi connectivity index (χ1) is 17.0. The van der Waals surface area contributed by atoms with Gasteiger partial charge in [-0.3, -0.25) is 4.79 Å². The molecule has 0 saturated carbocycles. The van der Waals surface area contributed by atoms with E-state index in [0.717, 1.165) is 12.1 Å². The largest absolute Gasteiger partial charge is 0.479 e. The van der Waals surface area contributed by atoms with E-state index in [9.17, 15) is 22.8 Å². The van der Waals surface area contributed by atoms with Gasteiger partial charge >= 0.3 is 12.1 Å². The predicted octanol–water partition coefficient (Wildman–Crippen LogP) is 7.28. The molecule has 0 spiro atoms. The Morgan fingerprint density at radius 1 is 0.972 bits per heavy atom. The molecule has 1 unspecified atom stereocenters. The summed E-state index contributed by atoms with van der Waals surface area (Å²) in [4.78, 5) is 25.3. The van der Waals surface area contributed by atoms with Crippen molar-refractivity contribution in [2.24, 2.45) is 0 Å². The highest BCUT2D eigenvalue weighted by Gasteiger charge is 2.40. The van der Waals surface area contributed by atoms with Gasteiger partial charge in [-0.15, -0.1) is 0 Å². The number of hydrogen-bond acceptors (Lipinski definition) is 6. The molecule has 1 aromatic heterocycles. The van der Waals surface area contributed by atoms with E-state index in [0.29, 0.717) is 10.8 Å². The van der Waals surface area contributed by atoms with E-state index in [2.05, 4.69) is 0 Å². The molecule has 1 heterocycles. The monoisotopic (exact) mass is 538 g/mol. The highest BCUT2D eigenvalue weighted by molar-refractivity contribution is 6.32. The smallest absolute Gasteiger partial charge is 0.453 e. The van der Waals surface area contributed by atoms with E-state index in [1.54, 1.807) is 30.3 Å². The number of halogens is 5. The Bertz CT molecular complexity index is 1480. The van der Waals surface area contributed by atoms with E-state index in [1.165, 1.54) is 31.2 Å². The SMILES string of the molecule is CC(Oc1ccc(Cl)cc1)C(=O)Oc1ccc2c(=O)c(Oc3ccccc3Cl)c(C(F)(F)F)oc2c1. The average Bonchev–Trinajstić information content (AvgIpc) is 2.82. The van der Waals surface area contributed by atoms with Gasteiger partial charge in [0.2, 0.25) is 11.2 Å². The number of esters is 1. The second-order valence-corrected chi connectivity index (χ2v) is 8.26. The van der Waals surface area contributed by atoms with Crippen molar-refractivity contribution < 1.29 is 36.6 Å². The molecule has 0 aliphatic heterocycles. The van der Waals surface area contributed by atoms with Gasteiger partial charge in [0.15, 0.2) is 6.10 Å². The van der Waals surface area contributed by atoms with E-state index in [-0.39, 0.29) is 21.9 Å². The van der Waals surface area contributed by atoms with Crippen LogP contribution in [0.5, 0.6) is 23.0 Å². The lowest BCUT2D eigenvalue weighted by Crippen LogP contribution is -2.28. The number of carbonyl (C=O) groups is 1. The zero-order chi connectivity index (χ0) is 26.0. The molecule has 6 nitrogen and oxygen atoms in total. The Morgan fingerprint density at radius 2 is 1.64 bits per heavy atom. The first-order valence-corrected chi connectivity index (χ1v) is 11.0. The van der Waals surface area contributed by atoms with Crippen molar-refractivity contribution in [2.75, 3.05) is 0 Å². The molecule has 4 aromatic rings. The molecule has 36 heavy (non-hydrogen) atoms. The summed E-state index contributed by atoms with van der Waals surface area (Å²) < 4.78 is 62.2.